The van der Waals surface area contributed by atoms with Crippen molar-refractivity contribution < 1.29 is 9.21 Å². The second kappa shape index (κ2) is 6.83. The summed E-state index contributed by atoms with van der Waals surface area (Å²) in [5.74, 6) is 2.07. The molecule has 0 atom stereocenters. The summed E-state index contributed by atoms with van der Waals surface area (Å²) in [7, 11) is 1.78. The Morgan fingerprint density at radius 2 is 2.10 bits per heavy atom. The Kier molecular flexibility index (Phi) is 5.11. The lowest BCUT2D eigenvalue weighted by Gasteiger charge is -2.19. The van der Waals surface area contributed by atoms with Crippen LogP contribution in [0.25, 0.3) is 0 Å². The second-order valence-corrected chi connectivity index (χ2v) is 5.91. The number of nitrogens with zero attached hydrogens (tertiary/aromatic N) is 3. The van der Waals surface area contributed by atoms with Crippen LogP contribution >= 0.6 is 0 Å². The van der Waals surface area contributed by atoms with Gasteiger partial charge >= 0.3 is 0 Å². The van der Waals surface area contributed by atoms with Gasteiger partial charge in [-0.25, -0.2) is 0 Å². The Bertz CT molecular complexity index is 438. The number of hydrogen-bond donors (Lipinski definition) is 1. The van der Waals surface area contributed by atoms with Crippen LogP contribution in [0, 0.1) is 5.92 Å². The van der Waals surface area contributed by atoms with Crippen molar-refractivity contribution in [1.82, 2.24) is 20.4 Å². The zero-order valence-corrected chi connectivity index (χ0v) is 12.6. The van der Waals surface area contributed by atoms with Crippen LogP contribution in [0.3, 0.4) is 0 Å². The van der Waals surface area contributed by atoms with Gasteiger partial charge in [0.05, 0.1) is 6.54 Å². The van der Waals surface area contributed by atoms with Gasteiger partial charge in [-0.2, -0.15) is 0 Å². The molecule has 0 unspecified atom stereocenters. The molecule has 1 amide bonds. The molecule has 1 saturated heterocycles. The Hall–Kier alpha value is -1.43. The topological polar surface area (TPSA) is 71.3 Å². The van der Waals surface area contributed by atoms with Gasteiger partial charge in [0.25, 0.3) is 0 Å². The predicted octanol–water partition coefficient (Wildman–Crippen LogP) is 1.54. The number of amides is 1. The molecule has 0 bridgehead atoms. The minimum Gasteiger partial charge on any atom is -0.423 e. The normalized spacial score (nSPS) is 16.6. The molecule has 112 valence electrons. The number of rotatable bonds is 5. The summed E-state index contributed by atoms with van der Waals surface area (Å²) in [5, 5.41) is 11.5. The second-order valence-electron chi connectivity index (χ2n) is 5.91. The van der Waals surface area contributed by atoms with E-state index >= 15 is 0 Å². The molecule has 20 heavy (non-hydrogen) atoms. The molecule has 0 aromatic carbocycles. The fourth-order valence-electron chi connectivity index (χ4n) is 2.36. The van der Waals surface area contributed by atoms with Crippen LogP contribution in [0.1, 0.15) is 50.8 Å². The van der Waals surface area contributed by atoms with Crippen LogP contribution in [0.15, 0.2) is 4.42 Å². The quantitative estimate of drug-likeness (QED) is 0.886. The molecule has 6 heteroatoms. The summed E-state index contributed by atoms with van der Waals surface area (Å²) in [4.78, 5) is 13.5. The van der Waals surface area contributed by atoms with Crippen LogP contribution in [-0.2, 0) is 11.3 Å². The number of aromatic nitrogens is 2. The van der Waals surface area contributed by atoms with Gasteiger partial charge in [0.2, 0.25) is 17.7 Å². The van der Waals surface area contributed by atoms with Gasteiger partial charge in [-0.15, -0.1) is 10.2 Å². The highest BCUT2D eigenvalue weighted by molar-refractivity contribution is 5.75. The van der Waals surface area contributed by atoms with Crippen molar-refractivity contribution in [1.29, 1.82) is 0 Å². The highest BCUT2D eigenvalue weighted by Crippen LogP contribution is 2.24. The largest absolute Gasteiger partial charge is 0.423 e. The van der Waals surface area contributed by atoms with Crippen molar-refractivity contribution in [2.24, 2.45) is 5.92 Å². The average molecular weight is 280 g/mol. The van der Waals surface area contributed by atoms with E-state index in [9.17, 15) is 4.79 Å². The molecule has 2 heterocycles. The van der Waals surface area contributed by atoms with Crippen LogP contribution in [-0.4, -0.2) is 41.1 Å². The van der Waals surface area contributed by atoms with Crippen LogP contribution in [0.2, 0.25) is 0 Å². The molecule has 0 spiro atoms. The van der Waals surface area contributed by atoms with Gasteiger partial charge in [0, 0.05) is 19.4 Å². The van der Waals surface area contributed by atoms with Gasteiger partial charge in [-0.05, 0) is 31.8 Å². The molecule has 1 N–H and O–H groups in total. The molecule has 0 aliphatic carbocycles. The van der Waals surface area contributed by atoms with E-state index in [1.54, 1.807) is 11.9 Å². The first kappa shape index (κ1) is 15.0. The van der Waals surface area contributed by atoms with E-state index in [-0.39, 0.29) is 5.91 Å². The van der Waals surface area contributed by atoms with Crippen LogP contribution < -0.4 is 5.32 Å². The van der Waals surface area contributed by atoms with Gasteiger partial charge in [0.1, 0.15) is 0 Å². The van der Waals surface area contributed by atoms with Gasteiger partial charge in [0.15, 0.2) is 0 Å². The number of carbonyl (C=O) groups excluding carboxylic acids is 1. The maximum atomic E-state index is 11.9. The smallest absolute Gasteiger partial charge is 0.235 e. The highest BCUT2D eigenvalue weighted by Gasteiger charge is 2.22. The first-order valence-corrected chi connectivity index (χ1v) is 7.33. The fraction of sp³-hybridized carbons (Fsp3) is 0.786. The van der Waals surface area contributed by atoms with Gasteiger partial charge in [-0.1, -0.05) is 13.8 Å². The molecule has 0 radical (unpaired) electrons. The predicted molar refractivity (Wildman–Crippen MR) is 75.1 cm³/mol. The van der Waals surface area contributed by atoms with E-state index < -0.39 is 0 Å². The molecule has 1 fully saturated rings. The maximum absolute atomic E-state index is 11.9. The summed E-state index contributed by atoms with van der Waals surface area (Å²) in [6.45, 7) is 6.45. The maximum Gasteiger partial charge on any atom is 0.235 e. The van der Waals surface area contributed by atoms with Crippen molar-refractivity contribution >= 4 is 5.91 Å². The Balaban J connectivity index is 1.90. The zero-order valence-electron chi connectivity index (χ0n) is 12.6. The SMILES string of the molecule is CC(C)CC(=O)N(C)Cc1nnc(C2CCNCC2)o1. The summed E-state index contributed by atoms with van der Waals surface area (Å²) in [6, 6.07) is 0. The number of piperidine rings is 1. The summed E-state index contributed by atoms with van der Waals surface area (Å²) < 4.78 is 5.71. The number of hydrogen-bond acceptors (Lipinski definition) is 5. The molecule has 2 rings (SSSR count). The molecule has 6 nitrogen and oxygen atoms in total. The lowest BCUT2D eigenvalue weighted by Crippen LogP contribution is -2.27. The van der Waals surface area contributed by atoms with Crippen molar-refractivity contribution in [3.05, 3.63) is 11.8 Å². The van der Waals surface area contributed by atoms with E-state index in [0.29, 0.717) is 36.6 Å². The molecular formula is C14H24N4O2. The third-order valence-electron chi connectivity index (χ3n) is 3.55. The van der Waals surface area contributed by atoms with E-state index in [1.165, 1.54) is 0 Å². The standard InChI is InChI=1S/C14H24N4O2/c1-10(2)8-13(19)18(3)9-12-16-17-14(20-12)11-4-6-15-7-5-11/h10-11,15H,4-9H2,1-3H3. The lowest BCUT2D eigenvalue weighted by molar-refractivity contribution is -0.131. The molecule has 1 aromatic heterocycles. The number of carbonyl (C=O) groups is 1. The van der Waals surface area contributed by atoms with E-state index in [1.807, 2.05) is 13.8 Å². The monoisotopic (exact) mass is 280 g/mol. The molecular weight excluding hydrogens is 256 g/mol. The van der Waals surface area contributed by atoms with Crippen molar-refractivity contribution in [2.75, 3.05) is 20.1 Å². The van der Waals surface area contributed by atoms with E-state index in [2.05, 4.69) is 15.5 Å². The van der Waals surface area contributed by atoms with E-state index in [0.717, 1.165) is 25.9 Å². The van der Waals surface area contributed by atoms with Gasteiger partial charge < -0.3 is 14.6 Å². The van der Waals surface area contributed by atoms with E-state index in [4.69, 9.17) is 4.42 Å². The fourth-order valence-corrected chi connectivity index (χ4v) is 2.36. The minimum absolute atomic E-state index is 0.113. The lowest BCUT2D eigenvalue weighted by atomic mass is 9.98. The first-order valence-electron chi connectivity index (χ1n) is 7.33. The highest BCUT2D eigenvalue weighted by atomic mass is 16.4. The van der Waals surface area contributed by atoms with Crippen LogP contribution in [0.5, 0.6) is 0 Å². The Morgan fingerprint density at radius 3 is 2.75 bits per heavy atom. The Morgan fingerprint density at radius 1 is 1.40 bits per heavy atom. The van der Waals surface area contributed by atoms with Gasteiger partial charge in [-0.3, -0.25) is 4.79 Å². The van der Waals surface area contributed by atoms with Crippen molar-refractivity contribution in [3.8, 4) is 0 Å². The molecule has 1 aliphatic heterocycles. The molecule has 1 aliphatic rings. The zero-order chi connectivity index (χ0) is 14.5. The first-order chi connectivity index (χ1) is 9.56. The molecule has 0 saturated carbocycles. The van der Waals surface area contributed by atoms with Crippen LogP contribution in [0.4, 0.5) is 0 Å². The minimum atomic E-state index is 0.113. The summed E-state index contributed by atoms with van der Waals surface area (Å²) in [5.41, 5.74) is 0. The summed E-state index contributed by atoms with van der Waals surface area (Å²) in [6.07, 6.45) is 2.61. The van der Waals surface area contributed by atoms with Crippen molar-refractivity contribution in [3.63, 3.8) is 0 Å². The summed E-state index contributed by atoms with van der Waals surface area (Å²) >= 11 is 0. The van der Waals surface area contributed by atoms with Crippen molar-refractivity contribution in [2.45, 2.75) is 45.6 Å². The molecule has 1 aromatic rings. The third kappa shape index (κ3) is 4.03. The third-order valence-corrected chi connectivity index (χ3v) is 3.55. The number of nitrogens with one attached hydrogen (secondary N) is 1. The average Bonchev–Trinajstić information content (AvgIpc) is 2.87. The Labute approximate surface area is 119 Å².